The number of nitrogens with zero attached hydrogens (tertiary/aromatic N) is 1. The molecular formula is C11H13BrClF2N. The van der Waals surface area contributed by atoms with Gasteiger partial charge in [0, 0.05) is 24.0 Å². The van der Waals surface area contributed by atoms with Crippen molar-refractivity contribution in [2.75, 3.05) is 12.9 Å². The van der Waals surface area contributed by atoms with Crippen molar-refractivity contribution in [1.29, 1.82) is 0 Å². The summed E-state index contributed by atoms with van der Waals surface area (Å²) in [7, 11) is 1.78. The molecule has 0 aromatic heterocycles. The molecule has 90 valence electrons. The monoisotopic (exact) mass is 311 g/mol. The lowest BCUT2D eigenvalue weighted by molar-refractivity contribution is 0.260. The minimum absolute atomic E-state index is 0.0637. The quantitative estimate of drug-likeness (QED) is 0.604. The molecule has 16 heavy (non-hydrogen) atoms. The summed E-state index contributed by atoms with van der Waals surface area (Å²) in [6.45, 7) is 2.10. The Labute approximate surface area is 108 Å². The highest BCUT2D eigenvalue weighted by atomic mass is 79.9. The molecule has 1 unspecified atom stereocenters. The Morgan fingerprint density at radius 3 is 2.62 bits per heavy atom. The molecule has 1 nitrogen and oxygen atoms in total. The van der Waals surface area contributed by atoms with Gasteiger partial charge in [-0.1, -0.05) is 0 Å². The molecule has 1 aromatic rings. The van der Waals surface area contributed by atoms with Crippen molar-refractivity contribution in [2.24, 2.45) is 0 Å². The molecular weight excluding hydrogens is 299 g/mol. The van der Waals surface area contributed by atoms with Crippen LogP contribution in [0.3, 0.4) is 0 Å². The van der Waals surface area contributed by atoms with Crippen LogP contribution in [0.25, 0.3) is 0 Å². The summed E-state index contributed by atoms with van der Waals surface area (Å²) >= 11 is 8.72. The topological polar surface area (TPSA) is 3.24 Å². The molecule has 0 aliphatic carbocycles. The van der Waals surface area contributed by atoms with Crippen LogP contribution in [0.15, 0.2) is 16.6 Å². The summed E-state index contributed by atoms with van der Waals surface area (Å²) in [6, 6.07) is 2.68. The first-order valence-corrected chi connectivity index (χ1v) is 6.18. The van der Waals surface area contributed by atoms with Crippen molar-refractivity contribution >= 4 is 27.5 Å². The predicted octanol–water partition coefficient (Wildman–Crippen LogP) is 3.79. The molecule has 0 radical (unpaired) electrons. The molecule has 1 rings (SSSR count). The Balaban J connectivity index is 2.92. The van der Waals surface area contributed by atoms with E-state index in [4.69, 9.17) is 11.6 Å². The predicted molar refractivity (Wildman–Crippen MR) is 65.7 cm³/mol. The van der Waals surface area contributed by atoms with Crippen molar-refractivity contribution in [2.45, 2.75) is 19.5 Å². The van der Waals surface area contributed by atoms with Crippen LogP contribution in [-0.4, -0.2) is 23.9 Å². The van der Waals surface area contributed by atoms with Crippen molar-refractivity contribution in [1.82, 2.24) is 4.90 Å². The normalized spacial score (nSPS) is 13.2. The second-order valence-electron chi connectivity index (χ2n) is 3.74. The van der Waals surface area contributed by atoms with E-state index < -0.39 is 11.6 Å². The maximum absolute atomic E-state index is 13.6. The minimum Gasteiger partial charge on any atom is -0.298 e. The molecule has 0 amide bonds. The van der Waals surface area contributed by atoms with E-state index in [1.807, 2.05) is 6.92 Å². The van der Waals surface area contributed by atoms with Crippen molar-refractivity contribution in [3.05, 3.63) is 33.8 Å². The molecule has 0 saturated heterocycles. The highest BCUT2D eigenvalue weighted by molar-refractivity contribution is 9.10. The van der Waals surface area contributed by atoms with Gasteiger partial charge in [-0.2, -0.15) is 0 Å². The lowest BCUT2D eigenvalue weighted by atomic mass is 10.1. The average Bonchev–Trinajstić information content (AvgIpc) is 2.28. The van der Waals surface area contributed by atoms with E-state index in [1.165, 1.54) is 12.1 Å². The van der Waals surface area contributed by atoms with Crippen LogP contribution < -0.4 is 0 Å². The minimum atomic E-state index is -0.548. The van der Waals surface area contributed by atoms with Gasteiger partial charge in [0.2, 0.25) is 0 Å². The van der Waals surface area contributed by atoms with Crippen LogP contribution in [0.2, 0.25) is 0 Å². The van der Waals surface area contributed by atoms with Gasteiger partial charge < -0.3 is 0 Å². The fraction of sp³-hybridized carbons (Fsp3) is 0.455. The van der Waals surface area contributed by atoms with Gasteiger partial charge in [-0.3, -0.25) is 4.90 Å². The SMILES string of the molecule is CC(CCl)N(C)Cc1c(F)ccc(Br)c1F. The van der Waals surface area contributed by atoms with Gasteiger partial charge in [-0.25, -0.2) is 8.78 Å². The Morgan fingerprint density at radius 1 is 1.44 bits per heavy atom. The number of hydrogen-bond donors (Lipinski definition) is 0. The van der Waals surface area contributed by atoms with E-state index in [0.717, 1.165) is 0 Å². The zero-order valence-electron chi connectivity index (χ0n) is 9.11. The van der Waals surface area contributed by atoms with Crippen LogP contribution >= 0.6 is 27.5 Å². The first-order chi connectivity index (χ1) is 7.47. The van der Waals surface area contributed by atoms with E-state index >= 15 is 0 Å². The number of benzene rings is 1. The molecule has 1 atom stereocenters. The number of halogens is 4. The van der Waals surface area contributed by atoms with Gasteiger partial charge in [-0.05, 0) is 42.0 Å². The standard InChI is InChI=1S/C11H13BrClF2N/c1-7(5-13)16(2)6-8-10(14)4-3-9(12)11(8)15/h3-4,7H,5-6H2,1-2H3. The second-order valence-corrected chi connectivity index (χ2v) is 4.90. The van der Waals surface area contributed by atoms with Crippen molar-refractivity contribution in [3.63, 3.8) is 0 Å². The lowest BCUT2D eigenvalue weighted by Gasteiger charge is -2.23. The Hall–Kier alpha value is -0.190. The molecule has 0 bridgehead atoms. The van der Waals surface area contributed by atoms with Crippen LogP contribution in [0.4, 0.5) is 8.78 Å². The third-order valence-electron chi connectivity index (χ3n) is 2.52. The highest BCUT2D eigenvalue weighted by Gasteiger charge is 2.16. The Kier molecular flexibility index (Phi) is 5.15. The summed E-state index contributed by atoms with van der Waals surface area (Å²) < 4.78 is 27.4. The van der Waals surface area contributed by atoms with Gasteiger partial charge in [0.1, 0.15) is 11.6 Å². The Bertz CT molecular complexity index is 373. The third-order valence-corrected chi connectivity index (χ3v) is 3.58. The van der Waals surface area contributed by atoms with E-state index in [0.29, 0.717) is 5.88 Å². The maximum Gasteiger partial charge on any atom is 0.144 e. The summed E-state index contributed by atoms with van der Waals surface area (Å²) in [4.78, 5) is 1.81. The van der Waals surface area contributed by atoms with Gasteiger partial charge in [0.25, 0.3) is 0 Å². The summed E-state index contributed by atoms with van der Waals surface area (Å²) in [5.41, 5.74) is 0.0637. The fourth-order valence-electron chi connectivity index (χ4n) is 1.24. The number of hydrogen-bond acceptors (Lipinski definition) is 1. The molecule has 0 heterocycles. The van der Waals surface area contributed by atoms with Crippen LogP contribution in [0.1, 0.15) is 12.5 Å². The van der Waals surface area contributed by atoms with Crippen LogP contribution in [0.5, 0.6) is 0 Å². The average molecular weight is 313 g/mol. The van der Waals surface area contributed by atoms with Gasteiger partial charge in [0.15, 0.2) is 0 Å². The largest absolute Gasteiger partial charge is 0.298 e. The third kappa shape index (κ3) is 3.15. The summed E-state index contributed by atoms with van der Waals surface area (Å²) in [5, 5.41) is 0. The molecule has 0 aliphatic heterocycles. The smallest absolute Gasteiger partial charge is 0.144 e. The molecule has 0 spiro atoms. The van der Waals surface area contributed by atoms with Gasteiger partial charge in [-0.15, -0.1) is 11.6 Å². The molecule has 0 aliphatic rings. The molecule has 0 fully saturated rings. The zero-order chi connectivity index (χ0) is 12.3. The zero-order valence-corrected chi connectivity index (χ0v) is 11.4. The van der Waals surface area contributed by atoms with Crippen molar-refractivity contribution in [3.8, 4) is 0 Å². The summed E-state index contributed by atoms with van der Waals surface area (Å²) in [5.74, 6) is -0.656. The highest BCUT2D eigenvalue weighted by Crippen LogP contribution is 2.23. The van der Waals surface area contributed by atoms with Gasteiger partial charge in [0.05, 0.1) is 4.47 Å². The first kappa shape index (κ1) is 13.9. The van der Waals surface area contributed by atoms with Crippen LogP contribution in [-0.2, 0) is 6.54 Å². The maximum atomic E-state index is 13.6. The fourth-order valence-corrected chi connectivity index (χ4v) is 1.84. The van der Waals surface area contributed by atoms with Crippen LogP contribution in [0, 0.1) is 11.6 Å². The van der Waals surface area contributed by atoms with E-state index in [-0.39, 0.29) is 22.6 Å². The number of alkyl halides is 1. The van der Waals surface area contributed by atoms with Gasteiger partial charge >= 0.3 is 0 Å². The second kappa shape index (κ2) is 5.94. The molecule has 0 saturated carbocycles. The Morgan fingerprint density at radius 2 is 2.06 bits per heavy atom. The summed E-state index contributed by atoms with van der Waals surface area (Å²) in [6.07, 6.45) is 0. The molecule has 0 N–H and O–H groups in total. The molecule has 1 aromatic carbocycles. The van der Waals surface area contributed by atoms with E-state index in [1.54, 1.807) is 11.9 Å². The molecule has 5 heteroatoms. The van der Waals surface area contributed by atoms with E-state index in [9.17, 15) is 8.78 Å². The lowest BCUT2D eigenvalue weighted by Crippen LogP contribution is -2.30. The van der Waals surface area contributed by atoms with Crippen molar-refractivity contribution < 1.29 is 8.78 Å². The first-order valence-electron chi connectivity index (χ1n) is 4.86. The number of rotatable bonds is 4. The van der Waals surface area contributed by atoms with E-state index in [2.05, 4.69) is 15.9 Å².